The summed E-state index contributed by atoms with van der Waals surface area (Å²) < 4.78 is 5.18. The molecule has 128 valence electrons. The van der Waals surface area contributed by atoms with Crippen LogP contribution in [0.3, 0.4) is 0 Å². The average molecular weight is 329 g/mol. The van der Waals surface area contributed by atoms with Crippen molar-refractivity contribution in [2.24, 2.45) is 5.73 Å². The number of hydrogen-bond donors (Lipinski definition) is 1. The number of benzene rings is 2. The van der Waals surface area contributed by atoms with E-state index in [0.717, 1.165) is 25.1 Å². The molecular formula is C18H23N3O3. The maximum Gasteiger partial charge on any atom is 0.273 e. The van der Waals surface area contributed by atoms with Crippen LogP contribution in [0.4, 0.5) is 5.69 Å². The molecule has 0 aliphatic rings. The van der Waals surface area contributed by atoms with Gasteiger partial charge in [0.1, 0.15) is 5.75 Å². The van der Waals surface area contributed by atoms with Crippen LogP contribution in [0.1, 0.15) is 17.5 Å². The van der Waals surface area contributed by atoms with Gasteiger partial charge in [0.05, 0.1) is 18.1 Å². The summed E-state index contributed by atoms with van der Waals surface area (Å²) in [5.41, 5.74) is 7.74. The number of hydrogen-bond acceptors (Lipinski definition) is 5. The van der Waals surface area contributed by atoms with Crippen molar-refractivity contribution in [2.75, 3.05) is 20.2 Å². The van der Waals surface area contributed by atoms with Crippen LogP contribution in [-0.2, 0) is 13.1 Å². The van der Waals surface area contributed by atoms with Gasteiger partial charge in [-0.05, 0) is 30.2 Å². The molecular weight excluding hydrogens is 306 g/mol. The minimum Gasteiger partial charge on any atom is -0.496 e. The lowest BCUT2D eigenvalue weighted by Crippen LogP contribution is -2.25. The summed E-state index contributed by atoms with van der Waals surface area (Å²) in [6.07, 6.45) is 0.874. The van der Waals surface area contributed by atoms with Crippen LogP contribution in [0.25, 0.3) is 0 Å². The molecule has 0 aliphatic heterocycles. The highest BCUT2D eigenvalue weighted by Crippen LogP contribution is 2.24. The number of methoxy groups -OCH3 is 1. The zero-order chi connectivity index (χ0) is 17.4. The molecule has 6 heteroatoms. The molecule has 0 saturated carbocycles. The van der Waals surface area contributed by atoms with E-state index in [1.165, 1.54) is 18.7 Å². The molecule has 0 aliphatic carbocycles. The quantitative estimate of drug-likeness (QED) is 0.565. The van der Waals surface area contributed by atoms with Crippen molar-refractivity contribution in [1.29, 1.82) is 0 Å². The molecule has 24 heavy (non-hydrogen) atoms. The van der Waals surface area contributed by atoms with E-state index in [1.54, 1.807) is 6.07 Å². The van der Waals surface area contributed by atoms with Gasteiger partial charge in [0.25, 0.3) is 5.69 Å². The first-order valence-corrected chi connectivity index (χ1v) is 7.91. The predicted octanol–water partition coefficient (Wildman–Crippen LogP) is 2.95. The molecule has 0 bridgehead atoms. The highest BCUT2D eigenvalue weighted by molar-refractivity contribution is 5.42. The van der Waals surface area contributed by atoms with Gasteiger partial charge in [-0.15, -0.1) is 0 Å². The summed E-state index contributed by atoms with van der Waals surface area (Å²) in [5.74, 6) is 0.498. The molecule has 0 amide bonds. The zero-order valence-corrected chi connectivity index (χ0v) is 13.9. The van der Waals surface area contributed by atoms with Crippen molar-refractivity contribution in [1.82, 2.24) is 4.90 Å². The van der Waals surface area contributed by atoms with E-state index >= 15 is 0 Å². The minimum absolute atomic E-state index is 0.0443. The van der Waals surface area contributed by atoms with Gasteiger partial charge in [0.15, 0.2) is 0 Å². The zero-order valence-electron chi connectivity index (χ0n) is 13.9. The van der Waals surface area contributed by atoms with Gasteiger partial charge in [-0.1, -0.05) is 30.3 Å². The number of ether oxygens (including phenoxy) is 1. The number of nitro benzene ring substituents is 1. The summed E-state index contributed by atoms with van der Waals surface area (Å²) in [6.45, 7) is 2.82. The van der Waals surface area contributed by atoms with E-state index in [-0.39, 0.29) is 5.69 Å². The molecule has 0 fully saturated rings. The second kappa shape index (κ2) is 9.00. The molecule has 0 radical (unpaired) electrons. The first kappa shape index (κ1) is 17.9. The number of nitrogens with zero attached hydrogens (tertiary/aromatic N) is 2. The molecule has 2 aromatic carbocycles. The third kappa shape index (κ3) is 5.33. The van der Waals surface area contributed by atoms with Gasteiger partial charge < -0.3 is 10.5 Å². The first-order valence-electron chi connectivity index (χ1n) is 7.91. The van der Waals surface area contributed by atoms with Crippen LogP contribution in [-0.4, -0.2) is 30.0 Å². The Bertz CT molecular complexity index is 662. The molecule has 0 aromatic heterocycles. The minimum atomic E-state index is -0.395. The van der Waals surface area contributed by atoms with E-state index in [4.69, 9.17) is 10.5 Å². The van der Waals surface area contributed by atoms with Crippen LogP contribution in [0, 0.1) is 10.1 Å². The maximum absolute atomic E-state index is 11.1. The van der Waals surface area contributed by atoms with Crippen LogP contribution < -0.4 is 10.5 Å². The van der Waals surface area contributed by atoms with E-state index in [9.17, 15) is 10.1 Å². The fourth-order valence-electron chi connectivity index (χ4n) is 2.59. The molecule has 0 saturated heterocycles. The van der Waals surface area contributed by atoms with Gasteiger partial charge in [-0.25, -0.2) is 0 Å². The molecule has 0 unspecified atom stereocenters. The predicted molar refractivity (Wildman–Crippen MR) is 93.9 cm³/mol. The Morgan fingerprint density at radius 3 is 2.46 bits per heavy atom. The lowest BCUT2D eigenvalue weighted by Gasteiger charge is -2.22. The fraction of sp³-hybridized carbons (Fsp3) is 0.333. The molecule has 6 nitrogen and oxygen atoms in total. The van der Waals surface area contributed by atoms with E-state index in [0.29, 0.717) is 18.8 Å². The lowest BCUT2D eigenvalue weighted by molar-refractivity contribution is -0.385. The second-order valence-corrected chi connectivity index (χ2v) is 5.63. The Morgan fingerprint density at radius 2 is 1.83 bits per heavy atom. The van der Waals surface area contributed by atoms with Crippen molar-refractivity contribution in [3.63, 3.8) is 0 Å². The largest absolute Gasteiger partial charge is 0.496 e. The summed E-state index contributed by atoms with van der Waals surface area (Å²) in [4.78, 5) is 12.9. The highest BCUT2D eigenvalue weighted by Gasteiger charge is 2.13. The van der Waals surface area contributed by atoms with E-state index in [1.807, 2.05) is 24.3 Å². The van der Waals surface area contributed by atoms with Crippen LogP contribution in [0.15, 0.2) is 48.5 Å². The van der Waals surface area contributed by atoms with Crippen LogP contribution in [0.5, 0.6) is 5.75 Å². The Kier molecular flexibility index (Phi) is 6.72. The first-order chi connectivity index (χ1) is 11.6. The van der Waals surface area contributed by atoms with Crippen molar-refractivity contribution in [3.8, 4) is 5.75 Å². The maximum atomic E-state index is 11.1. The van der Waals surface area contributed by atoms with Gasteiger partial charge in [-0.3, -0.25) is 15.0 Å². The van der Waals surface area contributed by atoms with Gasteiger partial charge in [-0.2, -0.15) is 0 Å². The second-order valence-electron chi connectivity index (χ2n) is 5.63. The molecule has 2 rings (SSSR count). The number of nitrogens with two attached hydrogens (primary N) is 1. The smallest absolute Gasteiger partial charge is 0.273 e. The third-order valence-electron chi connectivity index (χ3n) is 3.73. The summed E-state index contributed by atoms with van der Waals surface area (Å²) >= 11 is 0. The topological polar surface area (TPSA) is 81.6 Å². The van der Waals surface area contributed by atoms with E-state index in [2.05, 4.69) is 17.0 Å². The van der Waals surface area contributed by atoms with E-state index < -0.39 is 4.92 Å². The number of nitro groups is 1. The Morgan fingerprint density at radius 1 is 1.12 bits per heavy atom. The normalized spacial score (nSPS) is 10.8. The summed E-state index contributed by atoms with van der Waals surface area (Å²) in [5, 5.41) is 11.1. The van der Waals surface area contributed by atoms with Crippen LogP contribution >= 0.6 is 0 Å². The Balaban J connectivity index is 2.18. The summed E-state index contributed by atoms with van der Waals surface area (Å²) in [6, 6.07) is 15.0. The van der Waals surface area contributed by atoms with Crippen molar-refractivity contribution in [2.45, 2.75) is 19.5 Å². The molecule has 0 spiro atoms. The Hall–Kier alpha value is -2.44. The monoisotopic (exact) mass is 329 g/mol. The third-order valence-corrected chi connectivity index (χ3v) is 3.73. The number of rotatable bonds is 9. The molecule has 0 atom stereocenters. The molecule has 2 aromatic rings. The van der Waals surface area contributed by atoms with Gasteiger partial charge in [0.2, 0.25) is 0 Å². The van der Waals surface area contributed by atoms with Crippen molar-refractivity contribution < 1.29 is 9.66 Å². The van der Waals surface area contributed by atoms with Crippen molar-refractivity contribution >= 4 is 5.69 Å². The van der Waals surface area contributed by atoms with Gasteiger partial charge >= 0.3 is 0 Å². The average Bonchev–Trinajstić information content (AvgIpc) is 2.60. The number of non-ortho nitro benzene ring substituents is 1. The standard InChI is InChI=1S/C18H23N3O3/c1-24-18-11-16(10-17(12-18)21(22)23)14-20(9-5-8-19)13-15-6-3-2-4-7-15/h2-4,6-7,10-12H,5,8-9,13-14,19H2,1H3. The van der Waals surface area contributed by atoms with Crippen LogP contribution in [0.2, 0.25) is 0 Å². The highest BCUT2D eigenvalue weighted by atomic mass is 16.6. The molecule has 0 heterocycles. The lowest BCUT2D eigenvalue weighted by atomic mass is 10.1. The fourth-order valence-corrected chi connectivity index (χ4v) is 2.59. The van der Waals surface area contributed by atoms with Gasteiger partial charge in [0, 0.05) is 25.7 Å². The van der Waals surface area contributed by atoms with Crippen molar-refractivity contribution in [3.05, 3.63) is 69.8 Å². The molecule has 2 N–H and O–H groups in total. The SMILES string of the molecule is COc1cc(CN(CCCN)Cc2ccccc2)cc([N+](=O)[O-])c1. The summed E-state index contributed by atoms with van der Waals surface area (Å²) in [7, 11) is 1.51. The Labute approximate surface area is 142 Å².